The Bertz CT molecular complexity index is 669. The molecule has 22 heavy (non-hydrogen) atoms. The minimum absolute atomic E-state index is 0.391. The number of rotatable bonds is 2. The first-order valence-electron chi connectivity index (χ1n) is 8.15. The van der Waals surface area contributed by atoms with Gasteiger partial charge >= 0.3 is 0 Å². The van der Waals surface area contributed by atoms with E-state index in [9.17, 15) is 0 Å². The normalized spacial score (nSPS) is 9.77. The van der Waals surface area contributed by atoms with Crippen LogP contribution in [0.15, 0.2) is 48.7 Å². The van der Waals surface area contributed by atoms with Crippen LogP contribution in [0.2, 0.25) is 0 Å². The van der Waals surface area contributed by atoms with E-state index >= 15 is 0 Å². The standard InChI is InChI=1S/C15H15N3.2C2H6/c1-11(2)18-14-8-4-3-6-12(14)10-15(18)13-7-5-9-16-17-13;2*1-2/h3-11H,1-2H3;2*1-2H3. The van der Waals surface area contributed by atoms with E-state index in [4.69, 9.17) is 0 Å². The summed E-state index contributed by atoms with van der Waals surface area (Å²) in [6.45, 7) is 12.4. The first-order chi connectivity index (χ1) is 10.8. The maximum Gasteiger partial charge on any atom is 0.109 e. The summed E-state index contributed by atoms with van der Waals surface area (Å²) < 4.78 is 2.30. The Morgan fingerprint density at radius 3 is 2.18 bits per heavy atom. The zero-order chi connectivity index (χ0) is 16.5. The van der Waals surface area contributed by atoms with Crippen molar-refractivity contribution >= 4 is 10.9 Å². The van der Waals surface area contributed by atoms with Crippen molar-refractivity contribution in [2.45, 2.75) is 47.6 Å². The summed E-state index contributed by atoms with van der Waals surface area (Å²) in [5.74, 6) is 0. The van der Waals surface area contributed by atoms with Gasteiger partial charge in [0.25, 0.3) is 0 Å². The third-order valence-electron chi connectivity index (χ3n) is 3.10. The van der Waals surface area contributed by atoms with Gasteiger partial charge in [0.15, 0.2) is 0 Å². The molecule has 0 unspecified atom stereocenters. The second-order valence-corrected chi connectivity index (χ2v) is 4.66. The van der Waals surface area contributed by atoms with E-state index in [1.807, 2.05) is 39.8 Å². The highest BCUT2D eigenvalue weighted by atomic mass is 15.1. The van der Waals surface area contributed by atoms with E-state index < -0.39 is 0 Å². The average Bonchev–Trinajstić information content (AvgIpc) is 2.99. The molecule has 0 fully saturated rings. The average molecular weight is 297 g/mol. The molecule has 0 saturated carbocycles. The molecule has 0 aliphatic carbocycles. The lowest BCUT2D eigenvalue weighted by Crippen LogP contribution is -2.03. The van der Waals surface area contributed by atoms with E-state index in [1.165, 1.54) is 10.9 Å². The molecule has 1 aromatic carbocycles. The van der Waals surface area contributed by atoms with Crippen LogP contribution in [0.4, 0.5) is 0 Å². The highest BCUT2D eigenvalue weighted by molar-refractivity contribution is 5.86. The Kier molecular flexibility index (Phi) is 7.30. The molecule has 3 nitrogen and oxygen atoms in total. The minimum Gasteiger partial charge on any atom is -0.337 e. The second-order valence-electron chi connectivity index (χ2n) is 4.66. The van der Waals surface area contributed by atoms with Gasteiger partial charge in [-0.2, -0.15) is 5.10 Å². The van der Waals surface area contributed by atoms with Gasteiger partial charge in [-0.15, -0.1) is 5.10 Å². The molecule has 2 heterocycles. The van der Waals surface area contributed by atoms with Crippen LogP contribution in [0, 0.1) is 0 Å². The maximum absolute atomic E-state index is 4.22. The van der Waals surface area contributed by atoms with Crippen molar-refractivity contribution < 1.29 is 0 Å². The van der Waals surface area contributed by atoms with Crippen LogP contribution < -0.4 is 0 Å². The SMILES string of the molecule is CC.CC.CC(C)n1c(-c2cccnn2)cc2ccccc21. The Morgan fingerprint density at radius 1 is 0.909 bits per heavy atom. The summed E-state index contributed by atoms with van der Waals surface area (Å²) in [4.78, 5) is 0. The monoisotopic (exact) mass is 297 g/mol. The second kappa shape index (κ2) is 8.98. The molecule has 3 heteroatoms. The molecule has 0 spiro atoms. The fourth-order valence-corrected chi connectivity index (χ4v) is 2.37. The van der Waals surface area contributed by atoms with E-state index in [1.54, 1.807) is 6.20 Å². The number of para-hydroxylation sites is 1. The molecule has 0 N–H and O–H groups in total. The van der Waals surface area contributed by atoms with E-state index in [-0.39, 0.29) is 0 Å². The third kappa shape index (κ3) is 3.73. The molecule has 3 rings (SSSR count). The Labute approximate surface area is 134 Å². The predicted octanol–water partition coefficient (Wildman–Crippen LogP) is 5.73. The summed E-state index contributed by atoms with van der Waals surface area (Å²) in [6.07, 6.45) is 1.70. The highest BCUT2D eigenvalue weighted by Crippen LogP contribution is 2.29. The highest BCUT2D eigenvalue weighted by Gasteiger charge is 2.13. The van der Waals surface area contributed by atoms with Crippen LogP contribution in [0.5, 0.6) is 0 Å². The van der Waals surface area contributed by atoms with Gasteiger partial charge in [0.1, 0.15) is 5.69 Å². The number of aromatic nitrogens is 3. The minimum atomic E-state index is 0.391. The van der Waals surface area contributed by atoms with Gasteiger partial charge in [-0.05, 0) is 38.1 Å². The summed E-state index contributed by atoms with van der Waals surface area (Å²) >= 11 is 0. The van der Waals surface area contributed by atoms with Gasteiger partial charge in [-0.3, -0.25) is 0 Å². The van der Waals surface area contributed by atoms with Crippen molar-refractivity contribution in [2.75, 3.05) is 0 Å². The summed E-state index contributed by atoms with van der Waals surface area (Å²) in [5.41, 5.74) is 3.29. The molecular formula is C19H27N3. The molecule has 0 bridgehead atoms. The van der Waals surface area contributed by atoms with Gasteiger partial charge in [0.2, 0.25) is 0 Å². The molecule has 118 valence electrons. The fourth-order valence-electron chi connectivity index (χ4n) is 2.37. The maximum atomic E-state index is 4.22. The van der Waals surface area contributed by atoms with Crippen LogP contribution in [-0.2, 0) is 0 Å². The number of fused-ring (bicyclic) bond motifs is 1. The van der Waals surface area contributed by atoms with Crippen molar-refractivity contribution in [3.05, 3.63) is 48.7 Å². The molecule has 0 atom stereocenters. The molecule has 2 aromatic heterocycles. The van der Waals surface area contributed by atoms with Crippen LogP contribution in [0.25, 0.3) is 22.3 Å². The molecule has 0 saturated heterocycles. The van der Waals surface area contributed by atoms with E-state index in [0.717, 1.165) is 11.4 Å². The van der Waals surface area contributed by atoms with Crippen molar-refractivity contribution in [2.24, 2.45) is 0 Å². The molecular weight excluding hydrogens is 270 g/mol. The van der Waals surface area contributed by atoms with Crippen LogP contribution >= 0.6 is 0 Å². The van der Waals surface area contributed by atoms with Crippen LogP contribution in [-0.4, -0.2) is 14.8 Å². The van der Waals surface area contributed by atoms with Crippen molar-refractivity contribution in [3.63, 3.8) is 0 Å². The van der Waals surface area contributed by atoms with Crippen LogP contribution in [0.1, 0.15) is 47.6 Å². The molecule has 0 aliphatic rings. The summed E-state index contributed by atoms with van der Waals surface area (Å²) in [7, 11) is 0. The Morgan fingerprint density at radius 2 is 1.59 bits per heavy atom. The lowest BCUT2D eigenvalue weighted by molar-refractivity contribution is 0.627. The van der Waals surface area contributed by atoms with Crippen molar-refractivity contribution in [1.29, 1.82) is 0 Å². The van der Waals surface area contributed by atoms with E-state index in [0.29, 0.717) is 6.04 Å². The predicted molar refractivity (Wildman–Crippen MR) is 96.0 cm³/mol. The van der Waals surface area contributed by atoms with Gasteiger partial charge in [0.05, 0.1) is 5.69 Å². The first kappa shape index (κ1) is 17.9. The zero-order valence-electron chi connectivity index (χ0n) is 14.5. The van der Waals surface area contributed by atoms with Gasteiger partial charge in [-0.1, -0.05) is 45.9 Å². The number of hydrogen-bond acceptors (Lipinski definition) is 2. The van der Waals surface area contributed by atoms with Gasteiger partial charge in [0, 0.05) is 23.1 Å². The quantitative estimate of drug-likeness (QED) is 0.604. The Balaban J connectivity index is 0.000000561. The zero-order valence-corrected chi connectivity index (χ0v) is 14.5. The third-order valence-corrected chi connectivity index (χ3v) is 3.10. The van der Waals surface area contributed by atoms with Crippen LogP contribution in [0.3, 0.4) is 0 Å². The lowest BCUT2D eigenvalue weighted by Gasteiger charge is -2.13. The Hall–Kier alpha value is -2.16. The van der Waals surface area contributed by atoms with Crippen molar-refractivity contribution in [3.8, 4) is 11.4 Å². The van der Waals surface area contributed by atoms with Crippen molar-refractivity contribution in [1.82, 2.24) is 14.8 Å². The topological polar surface area (TPSA) is 30.7 Å². The van der Waals surface area contributed by atoms with Gasteiger partial charge < -0.3 is 4.57 Å². The number of hydrogen-bond donors (Lipinski definition) is 0. The lowest BCUT2D eigenvalue weighted by atomic mass is 10.2. The fraction of sp³-hybridized carbons (Fsp3) is 0.368. The molecule has 3 aromatic rings. The summed E-state index contributed by atoms with van der Waals surface area (Å²) in [6, 6.07) is 14.9. The largest absolute Gasteiger partial charge is 0.337 e. The molecule has 0 radical (unpaired) electrons. The van der Waals surface area contributed by atoms with Gasteiger partial charge in [-0.25, -0.2) is 0 Å². The number of benzene rings is 1. The first-order valence-corrected chi connectivity index (χ1v) is 8.15. The summed E-state index contributed by atoms with van der Waals surface area (Å²) in [5, 5.41) is 9.43. The number of nitrogens with zero attached hydrogens (tertiary/aromatic N) is 3. The molecule has 0 aliphatic heterocycles. The smallest absolute Gasteiger partial charge is 0.109 e. The molecule has 0 amide bonds. The van der Waals surface area contributed by atoms with E-state index in [2.05, 4.69) is 58.9 Å².